The molecular weight excluding hydrogens is 244 g/mol. The normalized spacial score (nSPS) is 20.7. The minimum absolute atomic E-state index is 0.0329. The van der Waals surface area contributed by atoms with Crippen LogP contribution >= 0.6 is 11.8 Å². The second-order valence-corrected chi connectivity index (χ2v) is 5.68. The lowest BCUT2D eigenvalue weighted by molar-refractivity contribution is -0.123. The van der Waals surface area contributed by atoms with E-state index in [1.54, 1.807) is 11.8 Å². The van der Waals surface area contributed by atoms with Crippen LogP contribution < -0.4 is 10.6 Å². The Morgan fingerprint density at radius 2 is 2.22 bits per heavy atom. The number of benzene rings is 1. The van der Waals surface area contributed by atoms with Crippen LogP contribution in [-0.4, -0.2) is 23.6 Å². The van der Waals surface area contributed by atoms with Crippen LogP contribution in [0, 0.1) is 6.92 Å². The Morgan fingerprint density at radius 1 is 1.50 bits per heavy atom. The number of thioether (sulfide) groups is 1. The smallest absolute Gasteiger partial charge is 0.238 e. The zero-order valence-corrected chi connectivity index (χ0v) is 11.7. The highest BCUT2D eigenvalue weighted by Crippen LogP contribution is 2.18. The van der Waals surface area contributed by atoms with Gasteiger partial charge in [-0.2, -0.15) is 0 Å². The first-order valence-corrected chi connectivity index (χ1v) is 7.54. The molecule has 2 rings (SSSR count). The van der Waals surface area contributed by atoms with Crippen molar-refractivity contribution in [3.63, 3.8) is 0 Å². The maximum Gasteiger partial charge on any atom is 0.238 e. The fourth-order valence-electron chi connectivity index (χ4n) is 2.06. The van der Waals surface area contributed by atoms with Gasteiger partial charge in [-0.15, -0.1) is 11.8 Å². The van der Waals surface area contributed by atoms with Crippen LogP contribution in [0.25, 0.3) is 0 Å². The molecule has 2 unspecified atom stereocenters. The molecule has 0 aliphatic carbocycles. The Labute approximate surface area is 113 Å². The lowest BCUT2D eigenvalue weighted by Gasteiger charge is -2.20. The van der Waals surface area contributed by atoms with Crippen molar-refractivity contribution in [1.29, 1.82) is 0 Å². The van der Waals surface area contributed by atoms with Crippen LogP contribution in [0.3, 0.4) is 0 Å². The largest absolute Gasteiger partial charge is 0.348 e. The van der Waals surface area contributed by atoms with Crippen molar-refractivity contribution in [2.24, 2.45) is 0 Å². The SMILES string of the molecule is CCC(NC(=O)C1CSCN1)c1ccc(C)cc1. The van der Waals surface area contributed by atoms with Gasteiger partial charge in [-0.3, -0.25) is 10.1 Å². The zero-order valence-electron chi connectivity index (χ0n) is 10.9. The van der Waals surface area contributed by atoms with Crippen LogP contribution in [0.4, 0.5) is 0 Å². The molecule has 2 atom stereocenters. The van der Waals surface area contributed by atoms with Gasteiger partial charge < -0.3 is 5.32 Å². The van der Waals surface area contributed by atoms with E-state index in [-0.39, 0.29) is 18.0 Å². The number of nitrogens with one attached hydrogen (secondary N) is 2. The second-order valence-electron chi connectivity index (χ2n) is 4.65. The summed E-state index contributed by atoms with van der Waals surface area (Å²) in [6, 6.07) is 8.46. The summed E-state index contributed by atoms with van der Waals surface area (Å²) in [5.41, 5.74) is 2.43. The molecule has 0 bridgehead atoms. The summed E-state index contributed by atoms with van der Waals surface area (Å²) < 4.78 is 0. The average Bonchev–Trinajstić information content (AvgIpc) is 2.91. The third-order valence-corrected chi connectivity index (χ3v) is 4.18. The summed E-state index contributed by atoms with van der Waals surface area (Å²) in [6.07, 6.45) is 0.911. The summed E-state index contributed by atoms with van der Waals surface area (Å²) in [4.78, 5) is 12.1. The van der Waals surface area contributed by atoms with Gasteiger partial charge in [0.05, 0.1) is 12.1 Å². The Hall–Kier alpha value is -1.00. The Bertz CT molecular complexity index is 399. The maximum atomic E-state index is 12.1. The Morgan fingerprint density at radius 3 is 2.78 bits per heavy atom. The third kappa shape index (κ3) is 3.27. The summed E-state index contributed by atoms with van der Waals surface area (Å²) in [6.45, 7) is 4.17. The quantitative estimate of drug-likeness (QED) is 0.876. The molecule has 18 heavy (non-hydrogen) atoms. The lowest BCUT2D eigenvalue weighted by atomic mass is 10.0. The molecule has 1 fully saturated rings. The number of carbonyl (C=O) groups excluding carboxylic acids is 1. The zero-order chi connectivity index (χ0) is 13.0. The predicted molar refractivity (Wildman–Crippen MR) is 76.6 cm³/mol. The molecule has 4 heteroatoms. The van der Waals surface area contributed by atoms with E-state index in [4.69, 9.17) is 0 Å². The van der Waals surface area contributed by atoms with E-state index in [2.05, 4.69) is 48.7 Å². The van der Waals surface area contributed by atoms with Crippen molar-refractivity contribution < 1.29 is 4.79 Å². The van der Waals surface area contributed by atoms with E-state index in [9.17, 15) is 4.79 Å². The molecule has 0 radical (unpaired) electrons. The topological polar surface area (TPSA) is 41.1 Å². The van der Waals surface area contributed by atoms with E-state index >= 15 is 0 Å². The summed E-state index contributed by atoms with van der Waals surface area (Å²) in [7, 11) is 0. The number of amides is 1. The molecule has 0 spiro atoms. The Balaban J connectivity index is 2.00. The van der Waals surface area contributed by atoms with E-state index in [1.807, 2.05) is 0 Å². The highest BCUT2D eigenvalue weighted by Gasteiger charge is 2.24. The van der Waals surface area contributed by atoms with Crippen LogP contribution in [0.15, 0.2) is 24.3 Å². The number of carbonyl (C=O) groups is 1. The fraction of sp³-hybridized carbons (Fsp3) is 0.500. The first-order valence-electron chi connectivity index (χ1n) is 6.38. The Kier molecular flexibility index (Phi) is 4.66. The standard InChI is InChI=1S/C14H20N2OS/c1-3-12(11-6-4-10(2)5-7-11)16-14(17)13-8-18-9-15-13/h4-7,12-13,15H,3,8-9H2,1-2H3,(H,16,17). The molecule has 0 saturated carbocycles. The van der Waals surface area contributed by atoms with Crippen molar-refractivity contribution in [3.8, 4) is 0 Å². The second kappa shape index (κ2) is 6.25. The molecule has 1 aromatic rings. The molecule has 1 aromatic carbocycles. The van der Waals surface area contributed by atoms with Gasteiger partial charge in [-0.1, -0.05) is 36.8 Å². The van der Waals surface area contributed by atoms with Gasteiger partial charge in [-0.25, -0.2) is 0 Å². The van der Waals surface area contributed by atoms with Gasteiger partial charge in [0.1, 0.15) is 0 Å². The van der Waals surface area contributed by atoms with Crippen molar-refractivity contribution >= 4 is 17.7 Å². The predicted octanol–water partition coefficient (Wildman–Crippen LogP) is 2.22. The van der Waals surface area contributed by atoms with Crippen LogP contribution in [0.5, 0.6) is 0 Å². The van der Waals surface area contributed by atoms with Gasteiger partial charge in [0.15, 0.2) is 0 Å². The van der Waals surface area contributed by atoms with Crippen molar-refractivity contribution in [3.05, 3.63) is 35.4 Å². The van der Waals surface area contributed by atoms with Crippen LogP contribution in [0.2, 0.25) is 0 Å². The summed E-state index contributed by atoms with van der Waals surface area (Å²) in [5.74, 6) is 1.86. The average molecular weight is 264 g/mol. The molecule has 3 nitrogen and oxygen atoms in total. The van der Waals surface area contributed by atoms with Gasteiger partial charge in [-0.05, 0) is 18.9 Å². The number of hydrogen-bond donors (Lipinski definition) is 2. The number of aryl methyl sites for hydroxylation is 1. The number of hydrogen-bond acceptors (Lipinski definition) is 3. The lowest BCUT2D eigenvalue weighted by Crippen LogP contribution is -2.43. The minimum Gasteiger partial charge on any atom is -0.348 e. The molecule has 1 aliphatic rings. The molecule has 1 amide bonds. The molecule has 2 N–H and O–H groups in total. The molecular formula is C14H20N2OS. The fourth-order valence-corrected chi connectivity index (χ4v) is 3.00. The first kappa shape index (κ1) is 13.4. The van der Waals surface area contributed by atoms with E-state index in [0.29, 0.717) is 0 Å². The highest BCUT2D eigenvalue weighted by molar-refractivity contribution is 7.99. The molecule has 98 valence electrons. The van der Waals surface area contributed by atoms with E-state index in [1.165, 1.54) is 11.1 Å². The van der Waals surface area contributed by atoms with Crippen molar-refractivity contribution in [2.75, 3.05) is 11.6 Å². The van der Waals surface area contributed by atoms with Gasteiger partial charge in [0, 0.05) is 11.6 Å². The summed E-state index contributed by atoms with van der Waals surface area (Å²) >= 11 is 1.77. The van der Waals surface area contributed by atoms with E-state index < -0.39 is 0 Å². The van der Waals surface area contributed by atoms with Crippen LogP contribution in [0.1, 0.15) is 30.5 Å². The van der Waals surface area contributed by atoms with Gasteiger partial charge >= 0.3 is 0 Å². The molecule has 1 aliphatic heterocycles. The van der Waals surface area contributed by atoms with Gasteiger partial charge in [0.2, 0.25) is 5.91 Å². The van der Waals surface area contributed by atoms with Crippen molar-refractivity contribution in [1.82, 2.24) is 10.6 Å². The maximum absolute atomic E-state index is 12.1. The van der Waals surface area contributed by atoms with Crippen LogP contribution in [-0.2, 0) is 4.79 Å². The van der Waals surface area contributed by atoms with Crippen molar-refractivity contribution in [2.45, 2.75) is 32.4 Å². The third-order valence-electron chi connectivity index (χ3n) is 3.24. The molecule has 1 heterocycles. The van der Waals surface area contributed by atoms with Gasteiger partial charge in [0.25, 0.3) is 0 Å². The molecule has 0 aromatic heterocycles. The monoisotopic (exact) mass is 264 g/mol. The minimum atomic E-state index is -0.0329. The highest BCUT2D eigenvalue weighted by atomic mass is 32.2. The molecule has 1 saturated heterocycles. The first-order chi connectivity index (χ1) is 8.70. The number of rotatable bonds is 4. The summed E-state index contributed by atoms with van der Waals surface area (Å²) in [5, 5.41) is 6.33. The van der Waals surface area contributed by atoms with E-state index in [0.717, 1.165) is 18.1 Å².